The quantitative estimate of drug-likeness (QED) is 0.300. The van der Waals surface area contributed by atoms with E-state index in [0.717, 1.165) is 37.0 Å². The van der Waals surface area contributed by atoms with Crippen LogP contribution in [-0.2, 0) is 6.54 Å². The van der Waals surface area contributed by atoms with Gasteiger partial charge in [-0.1, -0.05) is 48.5 Å². The first kappa shape index (κ1) is 26.3. The Morgan fingerprint density at radius 3 is 2.46 bits per heavy atom. The van der Waals surface area contributed by atoms with Gasteiger partial charge in [0.2, 0.25) is 0 Å². The predicted octanol–water partition coefficient (Wildman–Crippen LogP) is 4.51. The molecule has 0 spiro atoms. The van der Waals surface area contributed by atoms with Crippen LogP contribution in [0, 0.1) is 0 Å². The maximum absolute atomic E-state index is 13.9. The van der Waals surface area contributed by atoms with Crippen LogP contribution in [0.2, 0.25) is 0 Å². The number of pyridine rings is 2. The monoisotopic (exact) mass is 549 g/mol. The smallest absolute Gasteiger partial charge is 0.274 e. The van der Waals surface area contributed by atoms with Crippen molar-refractivity contribution in [2.75, 3.05) is 32.1 Å². The van der Waals surface area contributed by atoms with E-state index in [0.29, 0.717) is 16.6 Å². The highest BCUT2D eigenvalue weighted by Crippen LogP contribution is 2.34. The Morgan fingerprint density at radius 2 is 1.76 bits per heavy atom. The number of para-hydroxylation sites is 1. The van der Waals surface area contributed by atoms with E-state index in [-0.39, 0.29) is 46.7 Å². The molecule has 9 heteroatoms. The molecule has 3 aromatic heterocycles. The van der Waals surface area contributed by atoms with Gasteiger partial charge in [-0.25, -0.2) is 0 Å². The number of hydrogen-bond donors (Lipinski definition) is 1. The minimum atomic E-state index is -0.387. The van der Waals surface area contributed by atoms with Gasteiger partial charge < -0.3 is 19.5 Å². The SMILES string of the molecule is COc1c(C(=O)N(C)C2CCN(c3cccnc3)CC2)[nH]c2c1c(=O)n(CC(=O)c1ccccc1)c1ccccc21. The third-order valence-corrected chi connectivity index (χ3v) is 8.04. The number of ketones is 1. The molecular weight excluding hydrogens is 518 g/mol. The van der Waals surface area contributed by atoms with Crippen molar-refractivity contribution < 1.29 is 14.3 Å². The molecule has 0 bridgehead atoms. The average Bonchev–Trinajstić information content (AvgIpc) is 3.43. The van der Waals surface area contributed by atoms with Crippen LogP contribution < -0.4 is 15.2 Å². The van der Waals surface area contributed by atoms with E-state index in [2.05, 4.69) is 14.9 Å². The molecule has 208 valence electrons. The number of piperidine rings is 1. The summed E-state index contributed by atoms with van der Waals surface area (Å²) in [4.78, 5) is 52.4. The number of nitrogens with zero attached hydrogens (tertiary/aromatic N) is 4. The van der Waals surface area contributed by atoms with Crippen LogP contribution in [0.1, 0.15) is 33.7 Å². The summed E-state index contributed by atoms with van der Waals surface area (Å²) in [5.74, 6) is -0.227. The summed E-state index contributed by atoms with van der Waals surface area (Å²) < 4.78 is 7.18. The number of fused-ring (bicyclic) bond motifs is 3. The van der Waals surface area contributed by atoms with Gasteiger partial charge in [-0.3, -0.25) is 23.9 Å². The highest BCUT2D eigenvalue weighted by Gasteiger charge is 2.31. The highest BCUT2D eigenvalue weighted by molar-refractivity contribution is 6.11. The number of Topliss-reactive ketones (excluding diaryl/α,β-unsaturated/α-hetero) is 1. The number of ether oxygens (including phenoxy) is 1. The van der Waals surface area contributed by atoms with Gasteiger partial charge in [0.15, 0.2) is 11.5 Å². The number of amides is 1. The molecule has 1 N–H and O–H groups in total. The number of nitrogens with one attached hydrogen (secondary N) is 1. The molecule has 1 aliphatic rings. The first-order valence-electron chi connectivity index (χ1n) is 13.7. The minimum absolute atomic E-state index is 0.0310. The summed E-state index contributed by atoms with van der Waals surface area (Å²) in [7, 11) is 3.26. The molecule has 0 radical (unpaired) electrons. The van der Waals surface area contributed by atoms with Crippen molar-refractivity contribution in [3.05, 3.63) is 101 Å². The van der Waals surface area contributed by atoms with E-state index < -0.39 is 0 Å². The number of methoxy groups -OCH3 is 1. The van der Waals surface area contributed by atoms with Crippen molar-refractivity contribution in [3.63, 3.8) is 0 Å². The number of hydrogen-bond acceptors (Lipinski definition) is 6. The zero-order valence-electron chi connectivity index (χ0n) is 23.0. The Kier molecular flexibility index (Phi) is 7.01. The number of H-pyrrole nitrogens is 1. The fraction of sp³-hybridized carbons (Fsp3) is 0.250. The standard InChI is InChI=1S/C32H31N5O4/c1-35(22-14-17-36(18-15-22)23-11-8-16-33-19-23)32(40)29-30(41-2)27-28(34-29)24-12-6-7-13-25(24)37(31(27)39)20-26(38)21-9-4-3-5-10-21/h3-13,16,19,22,34H,14-15,17-18,20H2,1-2H3. The van der Waals surface area contributed by atoms with Crippen molar-refractivity contribution >= 4 is 39.2 Å². The molecule has 0 unspecified atom stereocenters. The van der Waals surface area contributed by atoms with Crippen molar-refractivity contribution in [3.8, 4) is 5.75 Å². The minimum Gasteiger partial charge on any atom is -0.493 e. The number of aromatic nitrogens is 3. The molecule has 1 aliphatic heterocycles. The second-order valence-corrected chi connectivity index (χ2v) is 10.3. The van der Waals surface area contributed by atoms with Crippen molar-refractivity contribution in [2.45, 2.75) is 25.4 Å². The van der Waals surface area contributed by atoms with Crippen molar-refractivity contribution in [1.82, 2.24) is 19.4 Å². The van der Waals surface area contributed by atoms with E-state index in [1.165, 1.54) is 11.7 Å². The van der Waals surface area contributed by atoms with Gasteiger partial charge >= 0.3 is 0 Å². The Hall–Kier alpha value is -4.92. The van der Waals surface area contributed by atoms with Crippen LogP contribution in [0.3, 0.4) is 0 Å². The van der Waals surface area contributed by atoms with Crippen LogP contribution in [0.4, 0.5) is 5.69 Å². The molecule has 1 fully saturated rings. The highest BCUT2D eigenvalue weighted by atomic mass is 16.5. The Labute approximate surface area is 237 Å². The fourth-order valence-corrected chi connectivity index (χ4v) is 5.82. The van der Waals surface area contributed by atoms with Crippen LogP contribution >= 0.6 is 0 Å². The van der Waals surface area contributed by atoms with E-state index in [1.807, 2.05) is 48.7 Å². The Bertz CT molecular complexity index is 1790. The Balaban J connectivity index is 1.35. The van der Waals surface area contributed by atoms with Gasteiger partial charge in [0.1, 0.15) is 11.1 Å². The number of rotatable bonds is 7. The first-order valence-corrected chi connectivity index (χ1v) is 13.7. The lowest BCUT2D eigenvalue weighted by atomic mass is 10.0. The largest absolute Gasteiger partial charge is 0.493 e. The zero-order chi connectivity index (χ0) is 28.5. The molecular formula is C32H31N5O4. The summed E-state index contributed by atoms with van der Waals surface area (Å²) in [6, 6.07) is 20.3. The lowest BCUT2D eigenvalue weighted by Crippen LogP contribution is -2.45. The van der Waals surface area contributed by atoms with E-state index in [1.54, 1.807) is 42.4 Å². The van der Waals surface area contributed by atoms with Gasteiger partial charge in [0.25, 0.3) is 11.5 Å². The lowest BCUT2D eigenvalue weighted by molar-refractivity contribution is 0.0700. The maximum Gasteiger partial charge on any atom is 0.274 e. The van der Waals surface area contributed by atoms with Gasteiger partial charge in [-0.05, 0) is 31.0 Å². The second-order valence-electron chi connectivity index (χ2n) is 10.3. The van der Waals surface area contributed by atoms with Gasteiger partial charge in [0, 0.05) is 43.3 Å². The third kappa shape index (κ3) is 4.73. The van der Waals surface area contributed by atoms with Gasteiger partial charge in [0.05, 0.1) is 36.6 Å². The topological polar surface area (TPSA) is 101 Å². The first-order chi connectivity index (χ1) is 20.0. The molecule has 0 atom stereocenters. The zero-order valence-corrected chi connectivity index (χ0v) is 23.0. The molecule has 1 saturated heterocycles. The lowest BCUT2D eigenvalue weighted by Gasteiger charge is -2.37. The normalized spacial score (nSPS) is 14.0. The molecule has 5 aromatic rings. The summed E-state index contributed by atoms with van der Waals surface area (Å²) in [5.41, 5.74) is 2.57. The van der Waals surface area contributed by atoms with Gasteiger partial charge in [-0.2, -0.15) is 0 Å². The van der Waals surface area contributed by atoms with Crippen LogP contribution in [-0.4, -0.2) is 64.4 Å². The number of carbonyl (C=O) groups excluding carboxylic acids is 2. The molecule has 6 rings (SSSR count). The van der Waals surface area contributed by atoms with E-state index >= 15 is 0 Å². The Morgan fingerprint density at radius 1 is 1.02 bits per heavy atom. The van der Waals surface area contributed by atoms with E-state index in [4.69, 9.17) is 4.74 Å². The van der Waals surface area contributed by atoms with Crippen LogP contribution in [0.25, 0.3) is 21.8 Å². The summed E-state index contributed by atoms with van der Waals surface area (Å²) in [6.07, 6.45) is 5.22. The number of aromatic amines is 1. The summed E-state index contributed by atoms with van der Waals surface area (Å²) in [6.45, 7) is 1.48. The molecule has 9 nitrogen and oxygen atoms in total. The summed E-state index contributed by atoms with van der Waals surface area (Å²) in [5, 5.41) is 0.989. The fourth-order valence-electron chi connectivity index (χ4n) is 5.82. The summed E-state index contributed by atoms with van der Waals surface area (Å²) >= 11 is 0. The van der Waals surface area contributed by atoms with E-state index in [9.17, 15) is 14.4 Å². The van der Waals surface area contributed by atoms with Crippen LogP contribution in [0.15, 0.2) is 83.9 Å². The molecule has 0 aliphatic carbocycles. The third-order valence-electron chi connectivity index (χ3n) is 8.04. The number of carbonyl (C=O) groups is 2. The molecule has 0 saturated carbocycles. The predicted molar refractivity (Wildman–Crippen MR) is 159 cm³/mol. The van der Waals surface area contributed by atoms with Crippen molar-refractivity contribution in [1.29, 1.82) is 0 Å². The average molecular weight is 550 g/mol. The van der Waals surface area contributed by atoms with Crippen LogP contribution in [0.5, 0.6) is 5.75 Å². The molecule has 41 heavy (non-hydrogen) atoms. The van der Waals surface area contributed by atoms with Crippen molar-refractivity contribution in [2.24, 2.45) is 0 Å². The maximum atomic E-state index is 13.9. The molecule has 2 aromatic carbocycles. The van der Waals surface area contributed by atoms with Gasteiger partial charge in [-0.15, -0.1) is 0 Å². The molecule has 4 heterocycles. The second kappa shape index (κ2) is 10.9. The number of benzene rings is 2. The molecule has 1 amide bonds. The number of anilines is 1.